The van der Waals surface area contributed by atoms with E-state index in [0.29, 0.717) is 35.2 Å². The molecule has 2 amide bonds. The molecule has 1 aromatic heterocycles. The van der Waals surface area contributed by atoms with Gasteiger partial charge in [0.25, 0.3) is 11.8 Å². The predicted molar refractivity (Wildman–Crippen MR) is 155 cm³/mol. The number of nitrogens with zero attached hydrogens (tertiary/aromatic N) is 1. The van der Waals surface area contributed by atoms with Gasteiger partial charge in [0.05, 0.1) is 13.0 Å². The maximum absolute atomic E-state index is 14.0. The number of aliphatic carboxylic acids is 1. The van der Waals surface area contributed by atoms with Crippen LogP contribution < -0.4 is 5.32 Å². The van der Waals surface area contributed by atoms with E-state index in [1.807, 2.05) is 79.0 Å². The molecule has 0 spiro atoms. The van der Waals surface area contributed by atoms with Crippen LogP contribution in [0, 0.1) is 0 Å². The molecule has 0 aliphatic heterocycles. The molecule has 4 rings (SSSR count). The molecule has 0 radical (unpaired) electrons. The average Bonchev–Trinajstić information content (AvgIpc) is 3.49. The predicted octanol–water partition coefficient (Wildman–Crippen LogP) is 6.28. The maximum Gasteiger partial charge on any atom is 0.305 e. The summed E-state index contributed by atoms with van der Waals surface area (Å²) in [7, 11) is 0. The Kier molecular flexibility index (Phi) is 9.64. The maximum atomic E-state index is 14.0. The zero-order valence-corrected chi connectivity index (χ0v) is 22.7. The zero-order chi connectivity index (χ0) is 27.6. The van der Waals surface area contributed by atoms with E-state index in [1.165, 1.54) is 0 Å². The van der Waals surface area contributed by atoms with Crippen LogP contribution in [-0.2, 0) is 17.8 Å². The van der Waals surface area contributed by atoms with Crippen molar-refractivity contribution in [1.29, 1.82) is 0 Å². The van der Waals surface area contributed by atoms with Gasteiger partial charge in [-0.3, -0.25) is 14.4 Å². The number of rotatable bonds is 12. The van der Waals surface area contributed by atoms with Crippen LogP contribution in [0.2, 0.25) is 0 Å². The van der Waals surface area contributed by atoms with Crippen LogP contribution in [0.3, 0.4) is 0 Å². The van der Waals surface area contributed by atoms with Gasteiger partial charge in [-0.1, -0.05) is 72.8 Å². The summed E-state index contributed by atoms with van der Waals surface area (Å²) in [5, 5.41) is 14.3. The van der Waals surface area contributed by atoms with Crippen LogP contribution in [0.1, 0.15) is 50.9 Å². The number of carbonyl (C=O) groups is 3. The van der Waals surface area contributed by atoms with Crippen molar-refractivity contribution < 1.29 is 19.5 Å². The molecule has 0 saturated heterocycles. The molecule has 200 valence electrons. The minimum absolute atomic E-state index is 0.0986. The first kappa shape index (κ1) is 27.8. The van der Waals surface area contributed by atoms with Gasteiger partial charge < -0.3 is 15.3 Å². The Morgan fingerprint density at radius 2 is 1.49 bits per heavy atom. The third-order valence-electron chi connectivity index (χ3n) is 6.68. The molecular formula is C32H32N2O4S. The van der Waals surface area contributed by atoms with Gasteiger partial charge in [-0.25, -0.2) is 0 Å². The summed E-state index contributed by atoms with van der Waals surface area (Å²) >= 11 is 1.58. The smallest absolute Gasteiger partial charge is 0.305 e. The third-order valence-corrected chi connectivity index (χ3v) is 7.55. The van der Waals surface area contributed by atoms with E-state index in [4.69, 9.17) is 0 Å². The average molecular weight is 541 g/mol. The Balaban J connectivity index is 1.61. The molecule has 7 heteroatoms. The highest BCUT2D eigenvalue weighted by Crippen LogP contribution is 2.29. The molecule has 3 aromatic carbocycles. The van der Waals surface area contributed by atoms with E-state index >= 15 is 0 Å². The lowest BCUT2D eigenvalue weighted by molar-refractivity contribution is -0.137. The summed E-state index contributed by atoms with van der Waals surface area (Å²) < 4.78 is 0. The van der Waals surface area contributed by atoms with Gasteiger partial charge in [0.15, 0.2) is 0 Å². The molecule has 2 N–H and O–H groups in total. The SMILES string of the molecule is CC(CCc1ccccc1)N(CCC(=O)O)C(=O)c1ccccc1-c1ccccc1C(=O)NCc1cccs1. The quantitative estimate of drug-likeness (QED) is 0.221. The van der Waals surface area contributed by atoms with E-state index in [-0.39, 0.29) is 30.8 Å². The normalized spacial score (nSPS) is 11.5. The van der Waals surface area contributed by atoms with Gasteiger partial charge >= 0.3 is 5.97 Å². The lowest BCUT2D eigenvalue weighted by Gasteiger charge is -2.30. The van der Waals surface area contributed by atoms with Gasteiger partial charge in [0.1, 0.15) is 0 Å². The number of aryl methyl sites for hydroxylation is 1. The van der Waals surface area contributed by atoms with E-state index in [1.54, 1.807) is 40.5 Å². The van der Waals surface area contributed by atoms with E-state index in [9.17, 15) is 19.5 Å². The Morgan fingerprint density at radius 3 is 2.15 bits per heavy atom. The summed E-state index contributed by atoms with van der Waals surface area (Å²) in [6, 6.07) is 28.2. The van der Waals surface area contributed by atoms with Crippen LogP contribution in [0.15, 0.2) is 96.4 Å². The lowest BCUT2D eigenvalue weighted by atomic mass is 9.93. The molecule has 0 saturated carbocycles. The summed E-state index contributed by atoms with van der Waals surface area (Å²) in [4.78, 5) is 41.3. The Morgan fingerprint density at radius 1 is 0.846 bits per heavy atom. The second-order valence-electron chi connectivity index (χ2n) is 9.37. The van der Waals surface area contributed by atoms with Crippen molar-refractivity contribution in [2.75, 3.05) is 6.54 Å². The first-order chi connectivity index (χ1) is 18.9. The van der Waals surface area contributed by atoms with Crippen LogP contribution in [0.5, 0.6) is 0 Å². The van der Waals surface area contributed by atoms with Gasteiger partial charge in [0.2, 0.25) is 0 Å². The number of carboxylic acid groups (broad SMARTS) is 1. The zero-order valence-electron chi connectivity index (χ0n) is 21.9. The van der Waals surface area contributed by atoms with E-state index in [2.05, 4.69) is 5.32 Å². The molecule has 39 heavy (non-hydrogen) atoms. The minimum Gasteiger partial charge on any atom is -0.481 e. The molecule has 4 aromatic rings. The fourth-order valence-corrected chi connectivity index (χ4v) is 5.21. The van der Waals surface area contributed by atoms with Gasteiger partial charge in [-0.15, -0.1) is 11.3 Å². The Bertz CT molecular complexity index is 1400. The number of nitrogens with one attached hydrogen (secondary N) is 1. The molecule has 0 bridgehead atoms. The number of hydrogen-bond donors (Lipinski definition) is 2. The largest absolute Gasteiger partial charge is 0.481 e. The molecule has 6 nitrogen and oxygen atoms in total. The molecule has 0 aliphatic carbocycles. The van der Waals surface area contributed by atoms with Crippen LogP contribution in [0.25, 0.3) is 11.1 Å². The molecule has 1 atom stereocenters. The number of benzene rings is 3. The summed E-state index contributed by atoms with van der Waals surface area (Å²) in [5.41, 5.74) is 3.37. The molecule has 0 aliphatic rings. The summed E-state index contributed by atoms with van der Waals surface area (Å²) in [6.07, 6.45) is 1.32. The number of carbonyl (C=O) groups excluding carboxylic acids is 2. The van der Waals surface area contributed by atoms with Gasteiger partial charge in [0, 0.05) is 28.6 Å². The second kappa shape index (κ2) is 13.5. The fraction of sp³-hybridized carbons (Fsp3) is 0.219. The van der Waals surface area contributed by atoms with Crippen molar-refractivity contribution >= 4 is 29.1 Å². The highest BCUT2D eigenvalue weighted by molar-refractivity contribution is 7.09. The van der Waals surface area contributed by atoms with Crippen molar-refractivity contribution in [3.8, 4) is 11.1 Å². The van der Waals surface area contributed by atoms with Gasteiger partial charge in [-0.05, 0) is 60.0 Å². The topological polar surface area (TPSA) is 86.7 Å². The second-order valence-corrected chi connectivity index (χ2v) is 10.4. The third kappa shape index (κ3) is 7.42. The van der Waals surface area contributed by atoms with Crippen LogP contribution >= 0.6 is 11.3 Å². The number of carboxylic acids is 1. The highest BCUT2D eigenvalue weighted by atomic mass is 32.1. The van der Waals surface area contributed by atoms with Crippen molar-refractivity contribution in [3.63, 3.8) is 0 Å². The Hall–Kier alpha value is -4.23. The monoisotopic (exact) mass is 540 g/mol. The molecular weight excluding hydrogens is 508 g/mol. The number of amides is 2. The van der Waals surface area contributed by atoms with Crippen molar-refractivity contribution in [2.45, 2.75) is 38.8 Å². The molecule has 1 unspecified atom stereocenters. The number of thiophene rings is 1. The number of hydrogen-bond acceptors (Lipinski definition) is 4. The van der Waals surface area contributed by atoms with Crippen molar-refractivity contribution in [2.24, 2.45) is 0 Å². The first-order valence-corrected chi connectivity index (χ1v) is 13.9. The highest BCUT2D eigenvalue weighted by Gasteiger charge is 2.25. The summed E-state index contributed by atoms with van der Waals surface area (Å²) in [6.45, 7) is 2.48. The molecule has 0 fully saturated rings. The van der Waals surface area contributed by atoms with E-state index < -0.39 is 5.97 Å². The van der Waals surface area contributed by atoms with Crippen molar-refractivity contribution in [1.82, 2.24) is 10.2 Å². The minimum atomic E-state index is -0.955. The molecule has 1 heterocycles. The fourth-order valence-electron chi connectivity index (χ4n) is 4.57. The van der Waals surface area contributed by atoms with Crippen LogP contribution in [-0.4, -0.2) is 40.4 Å². The van der Waals surface area contributed by atoms with Gasteiger partial charge in [-0.2, -0.15) is 0 Å². The van der Waals surface area contributed by atoms with Crippen LogP contribution in [0.4, 0.5) is 0 Å². The summed E-state index contributed by atoms with van der Waals surface area (Å²) in [5.74, 6) is -1.43. The van der Waals surface area contributed by atoms with E-state index in [0.717, 1.165) is 16.9 Å². The lowest BCUT2D eigenvalue weighted by Crippen LogP contribution is -2.40. The first-order valence-electron chi connectivity index (χ1n) is 13.0. The van der Waals surface area contributed by atoms with Crippen molar-refractivity contribution in [3.05, 3.63) is 118 Å². The Labute approximate surface area is 232 Å². The standard InChI is InChI=1S/C32H32N2O4S/c1-23(17-18-24-10-3-2-4-11-24)34(20-19-30(35)36)32(38)29-16-8-6-14-27(29)26-13-5-7-15-28(26)31(37)33-22-25-12-9-21-39-25/h2-16,21,23H,17-20,22H2,1H3,(H,33,37)(H,35,36).